The van der Waals surface area contributed by atoms with E-state index in [-0.39, 0.29) is 41.8 Å². The molecule has 14 heavy (non-hydrogen) atoms. The van der Waals surface area contributed by atoms with Crippen LogP contribution in [0.1, 0.15) is 12.8 Å². The lowest BCUT2D eigenvalue weighted by Crippen LogP contribution is -3.00. The van der Waals surface area contributed by atoms with Crippen molar-refractivity contribution >= 4 is 24.8 Å². The highest BCUT2D eigenvalue weighted by atomic mass is 79.9. The molecular formula is C8H24BrCl2N3. The first-order chi connectivity index (χ1) is 5.12. The molecule has 0 rings (SSSR count). The van der Waals surface area contributed by atoms with Crippen LogP contribution in [0.3, 0.4) is 0 Å². The lowest BCUT2D eigenvalue weighted by molar-refractivity contribution is -0.890. The number of hydrogen-bond donors (Lipinski definition) is 2. The van der Waals surface area contributed by atoms with Crippen molar-refractivity contribution in [2.75, 3.05) is 40.3 Å². The van der Waals surface area contributed by atoms with Crippen LogP contribution in [0.4, 0.5) is 0 Å². The van der Waals surface area contributed by atoms with Crippen LogP contribution >= 0.6 is 24.8 Å². The lowest BCUT2D eigenvalue weighted by Gasteiger charge is -2.29. The predicted molar refractivity (Wildman–Crippen MR) is 63.7 cm³/mol. The number of nitrogens with zero attached hydrogens (tertiary/aromatic N) is 1. The Morgan fingerprint density at radius 3 is 1.36 bits per heavy atom. The quantitative estimate of drug-likeness (QED) is 0.538. The fraction of sp³-hybridized carbons (Fsp3) is 1.00. The van der Waals surface area contributed by atoms with Gasteiger partial charge in [0.2, 0.25) is 0 Å². The molecule has 0 unspecified atom stereocenters. The highest BCUT2D eigenvalue weighted by molar-refractivity contribution is 5.85. The predicted octanol–water partition coefficient (Wildman–Crippen LogP) is -2.39. The monoisotopic (exact) mass is 311 g/mol. The molecular weight excluding hydrogens is 289 g/mol. The maximum Gasteiger partial charge on any atom is 0.0794 e. The molecule has 0 atom stereocenters. The summed E-state index contributed by atoms with van der Waals surface area (Å²) >= 11 is 0. The van der Waals surface area contributed by atoms with Crippen LogP contribution < -0.4 is 28.4 Å². The molecule has 0 spiro atoms. The smallest absolute Gasteiger partial charge is 0.0794 e. The molecule has 0 amide bonds. The van der Waals surface area contributed by atoms with Gasteiger partial charge in [0.25, 0.3) is 0 Å². The standard InChI is InChI=1S/C8H22N3.BrH.2ClH/c1-11(2,7-3-5-9)8-4-6-10;;;/h3-10H2,1-2H3;3*1H/q+1;;;/p-1. The van der Waals surface area contributed by atoms with Gasteiger partial charge in [-0.15, -0.1) is 24.8 Å². The number of halogens is 3. The van der Waals surface area contributed by atoms with Gasteiger partial charge in [-0.1, -0.05) is 0 Å². The van der Waals surface area contributed by atoms with Crippen LogP contribution in [0.2, 0.25) is 0 Å². The van der Waals surface area contributed by atoms with Gasteiger partial charge in [0.15, 0.2) is 0 Å². The average Bonchev–Trinajstić information content (AvgIpc) is 1.97. The van der Waals surface area contributed by atoms with E-state index in [0.29, 0.717) is 0 Å². The number of rotatable bonds is 6. The summed E-state index contributed by atoms with van der Waals surface area (Å²) in [6, 6.07) is 0. The van der Waals surface area contributed by atoms with Crippen molar-refractivity contribution in [3.05, 3.63) is 0 Å². The Hall–Kier alpha value is 0.940. The van der Waals surface area contributed by atoms with Gasteiger partial charge in [0, 0.05) is 12.8 Å². The second-order valence-corrected chi connectivity index (χ2v) is 3.67. The molecule has 0 heterocycles. The van der Waals surface area contributed by atoms with Gasteiger partial charge >= 0.3 is 0 Å². The minimum atomic E-state index is 0. The summed E-state index contributed by atoms with van der Waals surface area (Å²) in [5.74, 6) is 0. The van der Waals surface area contributed by atoms with Crippen LogP contribution in [0, 0.1) is 0 Å². The zero-order valence-electron chi connectivity index (χ0n) is 9.04. The molecule has 0 aromatic rings. The van der Waals surface area contributed by atoms with Gasteiger partial charge in [-0.3, -0.25) is 0 Å². The van der Waals surface area contributed by atoms with Gasteiger partial charge in [0.05, 0.1) is 27.2 Å². The van der Waals surface area contributed by atoms with Crippen molar-refractivity contribution in [1.82, 2.24) is 0 Å². The van der Waals surface area contributed by atoms with E-state index in [4.69, 9.17) is 11.5 Å². The van der Waals surface area contributed by atoms with Crippen molar-refractivity contribution in [2.24, 2.45) is 11.5 Å². The summed E-state index contributed by atoms with van der Waals surface area (Å²) in [7, 11) is 4.46. The third-order valence-electron chi connectivity index (χ3n) is 1.94. The van der Waals surface area contributed by atoms with Crippen LogP contribution in [0.5, 0.6) is 0 Å². The number of hydrogen-bond acceptors (Lipinski definition) is 2. The summed E-state index contributed by atoms with van der Waals surface area (Å²) in [4.78, 5) is 0. The minimum Gasteiger partial charge on any atom is -1.00 e. The van der Waals surface area contributed by atoms with Crippen LogP contribution in [-0.2, 0) is 0 Å². The molecule has 0 aliphatic rings. The third kappa shape index (κ3) is 15.4. The molecule has 3 nitrogen and oxygen atoms in total. The topological polar surface area (TPSA) is 52.0 Å². The zero-order valence-corrected chi connectivity index (χ0v) is 12.3. The van der Waals surface area contributed by atoms with Gasteiger partial charge in [-0.25, -0.2) is 0 Å². The highest BCUT2D eigenvalue weighted by Crippen LogP contribution is 1.99. The SMILES string of the molecule is C[N+](C)(CCCN)CCCN.Cl.Cl.[Br-]. The van der Waals surface area contributed by atoms with E-state index in [1.165, 1.54) is 0 Å². The Labute approximate surface area is 111 Å². The summed E-state index contributed by atoms with van der Waals surface area (Å²) < 4.78 is 1.05. The van der Waals surface area contributed by atoms with Crippen LogP contribution in [0.15, 0.2) is 0 Å². The summed E-state index contributed by atoms with van der Waals surface area (Å²) in [5.41, 5.74) is 10.9. The first-order valence-corrected chi connectivity index (χ1v) is 4.34. The first-order valence-electron chi connectivity index (χ1n) is 4.34. The van der Waals surface area contributed by atoms with E-state index in [1.807, 2.05) is 0 Å². The molecule has 4 N–H and O–H groups in total. The Kier molecular flexibility index (Phi) is 24.2. The van der Waals surface area contributed by atoms with E-state index >= 15 is 0 Å². The van der Waals surface area contributed by atoms with E-state index in [0.717, 1.165) is 43.5 Å². The molecule has 0 saturated carbocycles. The molecule has 0 aromatic heterocycles. The third-order valence-corrected chi connectivity index (χ3v) is 1.94. The van der Waals surface area contributed by atoms with Gasteiger partial charge in [0.1, 0.15) is 0 Å². The second-order valence-electron chi connectivity index (χ2n) is 3.67. The molecule has 0 aromatic carbocycles. The average molecular weight is 313 g/mol. The molecule has 0 radical (unpaired) electrons. The Morgan fingerprint density at radius 1 is 0.857 bits per heavy atom. The Balaban J connectivity index is -0.000000167. The maximum absolute atomic E-state index is 5.43. The van der Waals surface area contributed by atoms with Crippen LogP contribution in [0.25, 0.3) is 0 Å². The largest absolute Gasteiger partial charge is 1.00 e. The molecule has 0 saturated heterocycles. The van der Waals surface area contributed by atoms with E-state index < -0.39 is 0 Å². The fourth-order valence-corrected chi connectivity index (χ4v) is 1.15. The molecule has 0 fully saturated rings. The summed E-state index contributed by atoms with van der Waals surface area (Å²) in [5, 5.41) is 0. The van der Waals surface area contributed by atoms with Gasteiger partial charge in [-0.2, -0.15) is 0 Å². The summed E-state index contributed by atoms with van der Waals surface area (Å²) in [6.07, 6.45) is 2.22. The van der Waals surface area contributed by atoms with Crippen molar-refractivity contribution in [1.29, 1.82) is 0 Å². The second kappa shape index (κ2) is 13.9. The van der Waals surface area contributed by atoms with E-state index in [1.54, 1.807) is 0 Å². The Bertz CT molecular complexity index is 94.6. The molecule has 0 aliphatic carbocycles. The van der Waals surface area contributed by atoms with Crippen molar-refractivity contribution < 1.29 is 21.5 Å². The molecule has 6 heteroatoms. The molecule has 0 aliphatic heterocycles. The van der Waals surface area contributed by atoms with Crippen molar-refractivity contribution in [2.45, 2.75) is 12.8 Å². The van der Waals surface area contributed by atoms with E-state index in [2.05, 4.69) is 14.1 Å². The number of quaternary nitrogens is 1. The zero-order chi connectivity index (χ0) is 8.74. The molecule has 0 bridgehead atoms. The highest BCUT2D eigenvalue weighted by Gasteiger charge is 2.12. The van der Waals surface area contributed by atoms with Gasteiger partial charge in [-0.05, 0) is 13.1 Å². The van der Waals surface area contributed by atoms with Crippen molar-refractivity contribution in [3.63, 3.8) is 0 Å². The van der Waals surface area contributed by atoms with Crippen molar-refractivity contribution in [3.8, 4) is 0 Å². The maximum atomic E-state index is 5.43. The molecule has 92 valence electrons. The first kappa shape index (κ1) is 24.3. The number of nitrogens with two attached hydrogens (primary N) is 2. The lowest BCUT2D eigenvalue weighted by atomic mass is 10.3. The van der Waals surface area contributed by atoms with E-state index in [9.17, 15) is 0 Å². The minimum absolute atomic E-state index is 0. The summed E-state index contributed by atoms with van der Waals surface area (Å²) in [6.45, 7) is 3.92. The van der Waals surface area contributed by atoms with Crippen LogP contribution in [-0.4, -0.2) is 44.8 Å². The normalized spacial score (nSPS) is 9.43. The van der Waals surface area contributed by atoms with Gasteiger partial charge < -0.3 is 32.9 Å². The Morgan fingerprint density at radius 2 is 1.14 bits per heavy atom. The fourth-order valence-electron chi connectivity index (χ4n) is 1.15.